The zero-order valence-corrected chi connectivity index (χ0v) is 10.8. The van der Waals surface area contributed by atoms with Crippen LogP contribution >= 0.6 is 11.3 Å². The average Bonchev–Trinajstić information content (AvgIpc) is 2.67. The third kappa shape index (κ3) is 4.42. The van der Waals surface area contributed by atoms with Crippen molar-refractivity contribution in [3.05, 3.63) is 5.01 Å². The van der Waals surface area contributed by atoms with Crippen LogP contribution in [-0.2, 0) is 4.74 Å². The molecule has 0 fully saturated rings. The fourth-order valence-electron chi connectivity index (χ4n) is 1.16. The van der Waals surface area contributed by atoms with E-state index in [-0.39, 0.29) is 0 Å². The van der Waals surface area contributed by atoms with E-state index in [1.165, 1.54) is 0 Å². The molecule has 16 heavy (non-hydrogen) atoms. The van der Waals surface area contributed by atoms with E-state index in [9.17, 15) is 5.11 Å². The summed E-state index contributed by atoms with van der Waals surface area (Å²) in [5.74, 6) is 0.409. The van der Waals surface area contributed by atoms with Crippen LogP contribution in [0.15, 0.2) is 0 Å². The molecule has 0 saturated carbocycles. The Morgan fingerprint density at radius 2 is 2.19 bits per heavy atom. The molecular formula is C10H19N3O2S. The van der Waals surface area contributed by atoms with Crippen LogP contribution in [0.4, 0.5) is 5.13 Å². The van der Waals surface area contributed by atoms with Crippen LogP contribution in [0.2, 0.25) is 0 Å². The van der Waals surface area contributed by atoms with Crippen molar-refractivity contribution in [1.82, 2.24) is 10.2 Å². The first-order chi connectivity index (χ1) is 7.63. The van der Waals surface area contributed by atoms with Crippen molar-refractivity contribution in [2.45, 2.75) is 32.3 Å². The second-order valence-corrected chi connectivity index (χ2v) is 4.93. The Kier molecular flexibility index (Phi) is 5.65. The van der Waals surface area contributed by atoms with Crippen LogP contribution in [-0.4, -0.2) is 41.7 Å². The molecule has 0 aromatic carbocycles. The predicted octanol–water partition coefficient (Wildman–Crippen LogP) is 1.47. The van der Waals surface area contributed by atoms with E-state index < -0.39 is 6.10 Å². The van der Waals surface area contributed by atoms with Crippen LogP contribution in [0.1, 0.15) is 31.2 Å². The normalized spacial score (nSPS) is 13.1. The van der Waals surface area contributed by atoms with Crippen LogP contribution in [0.3, 0.4) is 0 Å². The highest BCUT2D eigenvalue weighted by molar-refractivity contribution is 7.15. The molecule has 0 saturated heterocycles. The molecular weight excluding hydrogens is 226 g/mol. The molecule has 1 rings (SSSR count). The summed E-state index contributed by atoms with van der Waals surface area (Å²) in [6.45, 7) is 5.23. The van der Waals surface area contributed by atoms with Gasteiger partial charge in [-0.25, -0.2) is 0 Å². The van der Waals surface area contributed by atoms with E-state index in [1.54, 1.807) is 18.4 Å². The van der Waals surface area contributed by atoms with Gasteiger partial charge in [-0.1, -0.05) is 25.2 Å². The van der Waals surface area contributed by atoms with Gasteiger partial charge >= 0.3 is 0 Å². The molecule has 1 unspecified atom stereocenters. The van der Waals surface area contributed by atoms with Crippen LogP contribution < -0.4 is 5.32 Å². The third-order valence-corrected chi connectivity index (χ3v) is 3.23. The Morgan fingerprint density at radius 3 is 2.75 bits per heavy atom. The van der Waals surface area contributed by atoms with E-state index in [1.807, 2.05) is 0 Å². The number of hydrogen-bond acceptors (Lipinski definition) is 6. The Bertz CT molecular complexity index is 304. The number of methoxy groups -OCH3 is 1. The zero-order valence-electron chi connectivity index (χ0n) is 9.93. The van der Waals surface area contributed by atoms with E-state index in [0.717, 1.165) is 10.1 Å². The summed E-state index contributed by atoms with van der Waals surface area (Å²) >= 11 is 1.56. The molecule has 5 nitrogen and oxygen atoms in total. The predicted molar refractivity (Wildman–Crippen MR) is 65.0 cm³/mol. The van der Waals surface area contributed by atoms with Crippen LogP contribution in [0.5, 0.6) is 0 Å². The number of nitrogens with zero attached hydrogens (tertiary/aromatic N) is 2. The maximum Gasteiger partial charge on any atom is 0.205 e. The third-order valence-electron chi connectivity index (χ3n) is 2.05. The number of aliphatic hydroxyl groups is 1. The number of nitrogens with one attached hydrogen (secondary N) is 1. The standard InChI is InChI=1S/C10H19N3O2S/c1-7(2)9-12-13-10(16-9)11-5-4-8(14)6-15-3/h7-8,14H,4-6H2,1-3H3,(H,11,13). The highest BCUT2D eigenvalue weighted by atomic mass is 32.1. The van der Waals surface area contributed by atoms with Gasteiger partial charge in [0.2, 0.25) is 5.13 Å². The Balaban J connectivity index is 2.26. The fraction of sp³-hybridized carbons (Fsp3) is 0.800. The lowest BCUT2D eigenvalue weighted by atomic mass is 10.2. The lowest BCUT2D eigenvalue weighted by Gasteiger charge is -2.08. The Labute approximate surface area is 99.9 Å². The van der Waals surface area contributed by atoms with Gasteiger partial charge in [-0.05, 0) is 6.42 Å². The van der Waals surface area contributed by atoms with Gasteiger partial charge in [0.05, 0.1) is 12.7 Å². The molecule has 1 aromatic rings. The summed E-state index contributed by atoms with van der Waals surface area (Å²) < 4.78 is 4.84. The van der Waals surface area contributed by atoms with Crippen molar-refractivity contribution in [3.63, 3.8) is 0 Å². The lowest BCUT2D eigenvalue weighted by molar-refractivity contribution is 0.0615. The van der Waals surface area contributed by atoms with Gasteiger partial charge in [0, 0.05) is 19.6 Å². The summed E-state index contributed by atoms with van der Waals surface area (Å²) in [4.78, 5) is 0. The number of aromatic nitrogens is 2. The first kappa shape index (κ1) is 13.3. The molecule has 1 heterocycles. The van der Waals surface area contributed by atoms with Crippen molar-refractivity contribution in [2.75, 3.05) is 25.6 Å². The van der Waals surface area contributed by atoms with E-state index in [2.05, 4.69) is 29.4 Å². The highest BCUT2D eigenvalue weighted by Gasteiger charge is 2.08. The van der Waals surface area contributed by atoms with Crippen molar-refractivity contribution in [2.24, 2.45) is 0 Å². The average molecular weight is 245 g/mol. The summed E-state index contributed by atoms with van der Waals surface area (Å²) in [6, 6.07) is 0. The van der Waals surface area contributed by atoms with Crippen molar-refractivity contribution < 1.29 is 9.84 Å². The molecule has 0 spiro atoms. The Hall–Kier alpha value is -0.720. The Morgan fingerprint density at radius 1 is 1.44 bits per heavy atom. The molecule has 0 aliphatic heterocycles. The maximum absolute atomic E-state index is 9.42. The minimum Gasteiger partial charge on any atom is -0.391 e. The van der Waals surface area contributed by atoms with Gasteiger partial charge < -0.3 is 15.2 Å². The van der Waals surface area contributed by atoms with Crippen LogP contribution in [0, 0.1) is 0 Å². The second kappa shape index (κ2) is 6.78. The molecule has 0 radical (unpaired) electrons. The zero-order chi connectivity index (χ0) is 12.0. The number of aliphatic hydroxyl groups excluding tert-OH is 1. The van der Waals surface area contributed by atoms with Gasteiger partial charge in [0.1, 0.15) is 5.01 Å². The number of hydrogen-bond donors (Lipinski definition) is 2. The van der Waals surface area contributed by atoms with Crippen molar-refractivity contribution in [1.29, 1.82) is 0 Å². The monoisotopic (exact) mass is 245 g/mol. The quantitative estimate of drug-likeness (QED) is 0.761. The first-order valence-corrected chi connectivity index (χ1v) is 6.19. The topological polar surface area (TPSA) is 67.3 Å². The SMILES string of the molecule is COCC(O)CCNc1nnc(C(C)C)s1. The largest absolute Gasteiger partial charge is 0.391 e. The summed E-state index contributed by atoms with van der Waals surface area (Å²) in [5, 5.41) is 22.5. The number of rotatable bonds is 7. The van der Waals surface area contributed by atoms with Gasteiger partial charge in [-0.2, -0.15) is 0 Å². The van der Waals surface area contributed by atoms with Gasteiger partial charge in [0.15, 0.2) is 0 Å². The molecule has 0 aliphatic carbocycles. The summed E-state index contributed by atoms with van der Waals surface area (Å²) in [5.41, 5.74) is 0. The molecule has 0 aliphatic rings. The van der Waals surface area contributed by atoms with Crippen molar-refractivity contribution >= 4 is 16.5 Å². The van der Waals surface area contributed by atoms with E-state index >= 15 is 0 Å². The minimum absolute atomic E-state index is 0.370. The fourth-order valence-corrected chi connectivity index (χ4v) is 1.93. The summed E-state index contributed by atoms with van der Waals surface area (Å²) in [7, 11) is 1.58. The molecule has 2 N–H and O–H groups in total. The second-order valence-electron chi connectivity index (χ2n) is 3.92. The first-order valence-electron chi connectivity index (χ1n) is 5.37. The van der Waals surface area contributed by atoms with Crippen molar-refractivity contribution in [3.8, 4) is 0 Å². The highest BCUT2D eigenvalue weighted by Crippen LogP contribution is 2.22. The minimum atomic E-state index is -0.421. The molecule has 1 aromatic heterocycles. The van der Waals surface area contributed by atoms with Crippen LogP contribution in [0.25, 0.3) is 0 Å². The number of ether oxygens (including phenoxy) is 1. The summed E-state index contributed by atoms with van der Waals surface area (Å²) in [6.07, 6.45) is 0.222. The van der Waals surface area contributed by atoms with Gasteiger partial charge in [-0.15, -0.1) is 10.2 Å². The van der Waals surface area contributed by atoms with Gasteiger partial charge in [-0.3, -0.25) is 0 Å². The number of anilines is 1. The molecule has 92 valence electrons. The van der Waals surface area contributed by atoms with E-state index in [4.69, 9.17) is 4.74 Å². The van der Waals surface area contributed by atoms with Gasteiger partial charge in [0.25, 0.3) is 0 Å². The smallest absolute Gasteiger partial charge is 0.205 e. The molecule has 0 amide bonds. The maximum atomic E-state index is 9.42. The van der Waals surface area contributed by atoms with E-state index in [0.29, 0.717) is 25.5 Å². The lowest BCUT2D eigenvalue weighted by Crippen LogP contribution is -2.18. The molecule has 1 atom stereocenters. The molecule has 6 heteroatoms. The molecule has 0 bridgehead atoms.